The van der Waals surface area contributed by atoms with E-state index in [4.69, 9.17) is 11.6 Å². The summed E-state index contributed by atoms with van der Waals surface area (Å²) >= 11 is 6.31. The molecule has 1 unspecified atom stereocenters. The molecule has 1 aliphatic rings. The van der Waals surface area contributed by atoms with Crippen LogP contribution in [-0.4, -0.2) is 22.6 Å². The maximum absolute atomic E-state index is 6.31. The summed E-state index contributed by atoms with van der Waals surface area (Å²) in [6.45, 7) is 6.55. The molecule has 130 valence electrons. The summed E-state index contributed by atoms with van der Waals surface area (Å²) in [4.78, 5) is 2.44. The molecular weight excluding hydrogens is 328 g/mol. The third-order valence-corrected chi connectivity index (χ3v) is 6.00. The van der Waals surface area contributed by atoms with Gasteiger partial charge in [0.2, 0.25) is 0 Å². The molecule has 0 fully saturated rings. The van der Waals surface area contributed by atoms with Crippen LogP contribution in [0.3, 0.4) is 0 Å². The molecule has 0 bridgehead atoms. The number of hydrogen-bond acceptors (Lipinski definition) is 1. The van der Waals surface area contributed by atoms with Crippen LogP contribution in [-0.2, 0) is 25.9 Å². The monoisotopic (exact) mass is 352 g/mol. The summed E-state index contributed by atoms with van der Waals surface area (Å²) in [5, 5.41) is 2.15. The minimum atomic E-state index is 0.574. The molecule has 0 radical (unpaired) electrons. The van der Waals surface area contributed by atoms with E-state index in [0.29, 0.717) is 6.04 Å². The lowest BCUT2D eigenvalue weighted by molar-refractivity contribution is 0.228. The number of aromatic nitrogens is 1. The lowest BCUT2D eigenvalue weighted by atomic mass is 10.00. The van der Waals surface area contributed by atoms with Crippen molar-refractivity contribution in [3.63, 3.8) is 0 Å². The Hall–Kier alpha value is -1.77. The van der Waals surface area contributed by atoms with Crippen LogP contribution in [0.1, 0.15) is 29.3 Å². The van der Waals surface area contributed by atoms with Gasteiger partial charge < -0.3 is 4.57 Å². The van der Waals surface area contributed by atoms with Gasteiger partial charge in [-0.05, 0) is 62.2 Å². The van der Waals surface area contributed by atoms with E-state index in [9.17, 15) is 0 Å². The topological polar surface area (TPSA) is 8.17 Å². The summed E-state index contributed by atoms with van der Waals surface area (Å²) in [5.41, 5.74) is 7.10. The van der Waals surface area contributed by atoms with Crippen LogP contribution in [0.15, 0.2) is 42.5 Å². The zero-order valence-corrected chi connectivity index (χ0v) is 16.0. The number of nitrogens with zero attached hydrogens (tertiary/aromatic N) is 2. The molecule has 25 heavy (non-hydrogen) atoms. The Kier molecular flexibility index (Phi) is 4.35. The summed E-state index contributed by atoms with van der Waals surface area (Å²) in [6, 6.07) is 15.6. The average Bonchev–Trinajstić information content (AvgIpc) is 2.87. The van der Waals surface area contributed by atoms with E-state index in [1.54, 1.807) is 0 Å². The van der Waals surface area contributed by atoms with Gasteiger partial charge in [-0.1, -0.05) is 35.9 Å². The van der Waals surface area contributed by atoms with Gasteiger partial charge in [-0.3, -0.25) is 4.90 Å². The van der Waals surface area contributed by atoms with E-state index in [0.717, 1.165) is 31.0 Å². The number of aryl methyl sites for hydroxylation is 3. The largest absolute Gasteiger partial charge is 0.344 e. The SMILES string of the molecule is Cc1ccccc1CCn1c2c(c3cc(Cl)ccc31)CN(C)C(C)C2. The minimum Gasteiger partial charge on any atom is -0.344 e. The highest BCUT2D eigenvalue weighted by Gasteiger charge is 2.26. The summed E-state index contributed by atoms with van der Waals surface area (Å²) in [6.07, 6.45) is 2.17. The van der Waals surface area contributed by atoms with Crippen molar-refractivity contribution in [2.45, 2.75) is 45.8 Å². The van der Waals surface area contributed by atoms with Gasteiger partial charge in [-0.15, -0.1) is 0 Å². The standard InChI is InChI=1S/C22H25ClN2/c1-15-6-4-5-7-17(15)10-11-25-21-9-8-18(23)13-19(21)20-14-24(3)16(2)12-22(20)25/h4-9,13,16H,10-12,14H2,1-3H3. The molecular formula is C22H25ClN2. The van der Waals surface area contributed by atoms with Gasteiger partial charge in [0.05, 0.1) is 0 Å². The summed E-state index contributed by atoms with van der Waals surface area (Å²) in [7, 11) is 2.22. The van der Waals surface area contributed by atoms with Crippen molar-refractivity contribution in [3.05, 3.63) is 69.9 Å². The van der Waals surface area contributed by atoms with E-state index >= 15 is 0 Å². The predicted molar refractivity (Wildman–Crippen MR) is 106 cm³/mol. The van der Waals surface area contributed by atoms with E-state index < -0.39 is 0 Å². The van der Waals surface area contributed by atoms with Crippen molar-refractivity contribution < 1.29 is 0 Å². The van der Waals surface area contributed by atoms with Crippen LogP contribution in [0.25, 0.3) is 10.9 Å². The molecule has 0 spiro atoms. The Morgan fingerprint density at radius 3 is 2.76 bits per heavy atom. The molecule has 1 atom stereocenters. The third-order valence-electron chi connectivity index (χ3n) is 5.76. The van der Waals surface area contributed by atoms with Crippen LogP contribution in [0.2, 0.25) is 5.02 Å². The van der Waals surface area contributed by atoms with E-state index in [2.05, 4.69) is 66.8 Å². The van der Waals surface area contributed by atoms with Crippen molar-refractivity contribution in [3.8, 4) is 0 Å². The number of likely N-dealkylation sites (N-methyl/N-ethyl adjacent to an activating group) is 1. The number of rotatable bonds is 3. The molecule has 3 heteroatoms. The molecule has 2 aromatic carbocycles. The van der Waals surface area contributed by atoms with Crippen molar-refractivity contribution in [2.75, 3.05) is 7.05 Å². The van der Waals surface area contributed by atoms with Crippen molar-refractivity contribution >= 4 is 22.5 Å². The van der Waals surface area contributed by atoms with E-state index in [1.165, 1.54) is 33.3 Å². The fourth-order valence-electron chi connectivity index (χ4n) is 4.08. The lowest BCUT2D eigenvalue weighted by Gasteiger charge is -2.31. The van der Waals surface area contributed by atoms with Crippen molar-refractivity contribution in [2.24, 2.45) is 0 Å². The number of fused-ring (bicyclic) bond motifs is 3. The fourth-order valence-corrected chi connectivity index (χ4v) is 4.25. The molecule has 4 rings (SSSR count). The Morgan fingerprint density at radius 2 is 1.96 bits per heavy atom. The Bertz CT molecular complexity index is 925. The zero-order chi connectivity index (χ0) is 17.6. The number of halogens is 1. The van der Waals surface area contributed by atoms with Gasteiger partial charge in [0.25, 0.3) is 0 Å². The average molecular weight is 353 g/mol. The summed E-state index contributed by atoms with van der Waals surface area (Å²) in [5.74, 6) is 0. The van der Waals surface area contributed by atoms with E-state index in [-0.39, 0.29) is 0 Å². The highest BCUT2D eigenvalue weighted by atomic mass is 35.5. The molecule has 0 aliphatic carbocycles. The normalized spacial score (nSPS) is 17.8. The lowest BCUT2D eigenvalue weighted by Crippen LogP contribution is -2.35. The molecule has 1 aromatic heterocycles. The highest BCUT2D eigenvalue weighted by molar-refractivity contribution is 6.31. The molecule has 0 saturated carbocycles. The molecule has 2 heterocycles. The van der Waals surface area contributed by atoms with Crippen LogP contribution < -0.4 is 0 Å². The Morgan fingerprint density at radius 1 is 1.16 bits per heavy atom. The Labute approximate surface area is 155 Å². The highest BCUT2D eigenvalue weighted by Crippen LogP contribution is 2.34. The number of benzene rings is 2. The first-order chi connectivity index (χ1) is 12.0. The first kappa shape index (κ1) is 16.7. The first-order valence-corrected chi connectivity index (χ1v) is 9.46. The first-order valence-electron chi connectivity index (χ1n) is 9.09. The van der Waals surface area contributed by atoms with Crippen LogP contribution in [0, 0.1) is 6.92 Å². The minimum absolute atomic E-state index is 0.574. The molecule has 2 nitrogen and oxygen atoms in total. The van der Waals surface area contributed by atoms with E-state index in [1.807, 2.05) is 6.07 Å². The fraction of sp³-hybridized carbons (Fsp3) is 0.364. The maximum Gasteiger partial charge on any atom is 0.0487 e. The summed E-state index contributed by atoms with van der Waals surface area (Å²) < 4.78 is 2.54. The van der Waals surface area contributed by atoms with Gasteiger partial charge in [0.1, 0.15) is 0 Å². The zero-order valence-electron chi connectivity index (χ0n) is 15.2. The quantitative estimate of drug-likeness (QED) is 0.627. The molecule has 0 saturated heterocycles. The van der Waals surface area contributed by atoms with Gasteiger partial charge in [0, 0.05) is 47.2 Å². The molecule has 3 aromatic rings. The molecule has 0 N–H and O–H groups in total. The van der Waals surface area contributed by atoms with Crippen LogP contribution in [0.5, 0.6) is 0 Å². The van der Waals surface area contributed by atoms with Gasteiger partial charge in [-0.2, -0.15) is 0 Å². The second-order valence-electron chi connectivity index (χ2n) is 7.38. The smallest absolute Gasteiger partial charge is 0.0487 e. The van der Waals surface area contributed by atoms with Crippen molar-refractivity contribution in [1.82, 2.24) is 9.47 Å². The molecule has 0 amide bonds. The van der Waals surface area contributed by atoms with Crippen LogP contribution in [0.4, 0.5) is 0 Å². The predicted octanol–water partition coefficient (Wildman–Crippen LogP) is 5.22. The third kappa shape index (κ3) is 2.98. The van der Waals surface area contributed by atoms with Crippen molar-refractivity contribution in [1.29, 1.82) is 0 Å². The van der Waals surface area contributed by atoms with Gasteiger partial charge in [-0.25, -0.2) is 0 Å². The second-order valence-corrected chi connectivity index (χ2v) is 7.82. The number of hydrogen-bond donors (Lipinski definition) is 0. The van der Waals surface area contributed by atoms with Crippen LogP contribution >= 0.6 is 11.6 Å². The molecule has 1 aliphatic heterocycles. The maximum atomic E-state index is 6.31. The van der Waals surface area contributed by atoms with Gasteiger partial charge >= 0.3 is 0 Å². The second kappa shape index (κ2) is 6.51. The van der Waals surface area contributed by atoms with Gasteiger partial charge in [0.15, 0.2) is 0 Å². The Balaban J connectivity index is 1.78.